The van der Waals surface area contributed by atoms with Gasteiger partial charge in [0.25, 0.3) is 0 Å². The average molecular weight is 183 g/mol. The van der Waals surface area contributed by atoms with Crippen molar-refractivity contribution < 1.29 is 4.79 Å². The Balaban J connectivity index is 4.68. The maximum absolute atomic E-state index is 11.4. The fourth-order valence-electron chi connectivity index (χ4n) is 1.13. The van der Waals surface area contributed by atoms with E-state index in [1.165, 1.54) is 5.57 Å². The number of carbonyl (C=O) groups excluding carboxylic acids is 1. The third-order valence-corrected chi connectivity index (χ3v) is 2.08. The van der Waals surface area contributed by atoms with Crippen LogP contribution in [0.4, 0.5) is 0 Å². The van der Waals surface area contributed by atoms with Crippen LogP contribution in [0.2, 0.25) is 0 Å². The first-order chi connectivity index (χ1) is 5.79. The van der Waals surface area contributed by atoms with Crippen molar-refractivity contribution in [3.8, 4) is 0 Å². The fourth-order valence-corrected chi connectivity index (χ4v) is 1.13. The van der Waals surface area contributed by atoms with E-state index in [2.05, 4.69) is 27.7 Å². The van der Waals surface area contributed by atoms with Gasteiger partial charge in [0, 0.05) is 20.2 Å². The van der Waals surface area contributed by atoms with Crippen molar-refractivity contribution in [2.24, 2.45) is 5.41 Å². The molecule has 0 radical (unpaired) electrons. The van der Waals surface area contributed by atoms with Crippen molar-refractivity contribution in [1.29, 1.82) is 0 Å². The van der Waals surface area contributed by atoms with Gasteiger partial charge in [0.05, 0.1) is 0 Å². The van der Waals surface area contributed by atoms with Crippen LogP contribution in [0.1, 0.15) is 34.1 Å². The summed E-state index contributed by atoms with van der Waals surface area (Å²) in [4.78, 5) is 13.0. The maximum Gasteiger partial charge on any atom is 0.246 e. The summed E-state index contributed by atoms with van der Waals surface area (Å²) in [5, 5.41) is 0. The minimum absolute atomic E-state index is 0.0757. The van der Waals surface area contributed by atoms with Crippen LogP contribution < -0.4 is 0 Å². The first-order valence-corrected chi connectivity index (χ1v) is 4.71. The van der Waals surface area contributed by atoms with Gasteiger partial charge >= 0.3 is 0 Å². The Bertz CT molecular complexity index is 209. The molecule has 0 aliphatic carbocycles. The summed E-state index contributed by atoms with van der Waals surface area (Å²) in [6, 6.07) is 0. The lowest BCUT2D eigenvalue weighted by Crippen LogP contribution is -2.21. The summed E-state index contributed by atoms with van der Waals surface area (Å²) in [7, 11) is 3.55. The molecule has 0 heterocycles. The molecule has 2 nitrogen and oxygen atoms in total. The van der Waals surface area contributed by atoms with E-state index >= 15 is 0 Å². The summed E-state index contributed by atoms with van der Waals surface area (Å²) >= 11 is 0. The molecule has 76 valence electrons. The molecule has 0 aromatic rings. The number of hydrogen-bond donors (Lipinski definition) is 0. The van der Waals surface area contributed by atoms with Crippen molar-refractivity contribution in [3.63, 3.8) is 0 Å². The number of likely N-dealkylation sites (N-methyl/N-ethyl adjacent to an activating group) is 1. The number of carbonyl (C=O) groups is 1. The number of amides is 1. The highest BCUT2D eigenvalue weighted by Gasteiger charge is 2.16. The highest BCUT2D eigenvalue weighted by molar-refractivity contribution is 5.88. The molecule has 0 saturated heterocycles. The first kappa shape index (κ1) is 12.2. The molecule has 0 aliphatic heterocycles. The molecule has 0 unspecified atom stereocenters. The predicted octanol–water partition coefficient (Wildman–Crippen LogP) is 2.46. The van der Waals surface area contributed by atoms with Gasteiger partial charge in [0.15, 0.2) is 0 Å². The molecule has 0 N–H and O–H groups in total. The van der Waals surface area contributed by atoms with Gasteiger partial charge in [0.2, 0.25) is 5.91 Å². The Kier molecular flexibility index (Phi) is 4.18. The highest BCUT2D eigenvalue weighted by atomic mass is 16.2. The zero-order valence-electron chi connectivity index (χ0n) is 9.64. The van der Waals surface area contributed by atoms with Gasteiger partial charge in [-0.2, -0.15) is 0 Å². The molecule has 0 aromatic heterocycles. The highest BCUT2D eigenvalue weighted by Crippen LogP contribution is 2.27. The van der Waals surface area contributed by atoms with E-state index in [-0.39, 0.29) is 11.3 Å². The van der Waals surface area contributed by atoms with Gasteiger partial charge in [-0.1, -0.05) is 33.3 Å². The largest absolute Gasteiger partial charge is 0.345 e. The van der Waals surface area contributed by atoms with E-state index in [0.29, 0.717) is 0 Å². The van der Waals surface area contributed by atoms with Crippen LogP contribution in [0.15, 0.2) is 11.6 Å². The van der Waals surface area contributed by atoms with Crippen LogP contribution in [0.5, 0.6) is 0 Å². The number of allylic oxidation sites excluding steroid dienone is 1. The van der Waals surface area contributed by atoms with Gasteiger partial charge in [-0.15, -0.1) is 0 Å². The minimum Gasteiger partial charge on any atom is -0.345 e. The van der Waals surface area contributed by atoms with Crippen LogP contribution in [-0.2, 0) is 4.79 Å². The molecule has 0 atom stereocenters. The van der Waals surface area contributed by atoms with E-state index in [4.69, 9.17) is 0 Å². The topological polar surface area (TPSA) is 20.3 Å². The summed E-state index contributed by atoms with van der Waals surface area (Å²) < 4.78 is 0. The SMILES string of the molecule is CC/C(=C\C(=O)N(C)C)C(C)(C)C. The molecule has 0 aliphatic rings. The first-order valence-electron chi connectivity index (χ1n) is 4.71. The van der Waals surface area contributed by atoms with Gasteiger partial charge in [-0.3, -0.25) is 4.79 Å². The van der Waals surface area contributed by atoms with Crippen LogP contribution in [0.3, 0.4) is 0 Å². The number of hydrogen-bond acceptors (Lipinski definition) is 1. The quantitative estimate of drug-likeness (QED) is 0.602. The van der Waals surface area contributed by atoms with Crippen molar-refractivity contribution in [2.45, 2.75) is 34.1 Å². The van der Waals surface area contributed by atoms with E-state index in [1.807, 2.05) is 0 Å². The van der Waals surface area contributed by atoms with Crippen LogP contribution >= 0.6 is 0 Å². The average Bonchev–Trinajstić information content (AvgIpc) is 1.96. The summed E-state index contributed by atoms with van der Waals surface area (Å²) in [5.74, 6) is 0.0757. The second-order valence-corrected chi connectivity index (χ2v) is 4.51. The molecule has 0 rings (SSSR count). The summed E-state index contributed by atoms with van der Waals surface area (Å²) in [6.07, 6.45) is 2.68. The lowest BCUT2D eigenvalue weighted by molar-refractivity contribution is -0.123. The second kappa shape index (κ2) is 4.45. The molecule has 0 bridgehead atoms. The standard InChI is InChI=1S/C11H21NO/c1-7-9(11(2,3)4)8-10(13)12(5)6/h8H,7H2,1-6H3/b9-8+. The van der Waals surface area contributed by atoms with E-state index in [1.54, 1.807) is 25.1 Å². The minimum atomic E-state index is 0.0757. The Hall–Kier alpha value is -0.790. The third-order valence-electron chi connectivity index (χ3n) is 2.08. The molecule has 1 amide bonds. The van der Waals surface area contributed by atoms with Crippen LogP contribution in [0, 0.1) is 5.41 Å². The third kappa shape index (κ3) is 4.11. The van der Waals surface area contributed by atoms with Crippen LogP contribution in [-0.4, -0.2) is 24.9 Å². The Labute approximate surface area is 81.6 Å². The van der Waals surface area contributed by atoms with E-state index < -0.39 is 0 Å². The second-order valence-electron chi connectivity index (χ2n) is 4.51. The predicted molar refractivity (Wildman–Crippen MR) is 56.5 cm³/mol. The van der Waals surface area contributed by atoms with E-state index in [9.17, 15) is 4.79 Å². The van der Waals surface area contributed by atoms with Crippen molar-refractivity contribution in [2.75, 3.05) is 14.1 Å². The molecule has 13 heavy (non-hydrogen) atoms. The summed E-state index contributed by atoms with van der Waals surface area (Å²) in [5.41, 5.74) is 1.30. The zero-order chi connectivity index (χ0) is 10.6. The van der Waals surface area contributed by atoms with E-state index in [0.717, 1.165) is 6.42 Å². The normalized spacial score (nSPS) is 12.9. The fraction of sp³-hybridized carbons (Fsp3) is 0.727. The Morgan fingerprint density at radius 2 is 1.77 bits per heavy atom. The molecule has 0 aromatic carbocycles. The van der Waals surface area contributed by atoms with Crippen molar-refractivity contribution in [3.05, 3.63) is 11.6 Å². The monoisotopic (exact) mass is 183 g/mol. The van der Waals surface area contributed by atoms with Gasteiger partial charge in [0.1, 0.15) is 0 Å². The lowest BCUT2D eigenvalue weighted by atomic mass is 9.84. The molecule has 0 fully saturated rings. The molecular weight excluding hydrogens is 162 g/mol. The molecule has 2 heteroatoms. The Morgan fingerprint density at radius 1 is 1.31 bits per heavy atom. The zero-order valence-corrected chi connectivity index (χ0v) is 9.64. The smallest absolute Gasteiger partial charge is 0.246 e. The van der Waals surface area contributed by atoms with Crippen LogP contribution in [0.25, 0.3) is 0 Å². The van der Waals surface area contributed by atoms with Gasteiger partial charge in [-0.05, 0) is 11.8 Å². The molecular formula is C11H21NO. The molecule has 0 spiro atoms. The molecule has 0 saturated carbocycles. The van der Waals surface area contributed by atoms with Gasteiger partial charge < -0.3 is 4.90 Å². The number of nitrogens with zero attached hydrogens (tertiary/aromatic N) is 1. The van der Waals surface area contributed by atoms with Gasteiger partial charge in [-0.25, -0.2) is 0 Å². The maximum atomic E-state index is 11.4. The Morgan fingerprint density at radius 3 is 2.00 bits per heavy atom. The number of rotatable bonds is 2. The van der Waals surface area contributed by atoms with Crippen molar-refractivity contribution >= 4 is 5.91 Å². The van der Waals surface area contributed by atoms with Crippen molar-refractivity contribution in [1.82, 2.24) is 4.90 Å². The lowest BCUT2D eigenvalue weighted by Gasteiger charge is -2.22. The summed E-state index contributed by atoms with van der Waals surface area (Å²) in [6.45, 7) is 8.47.